The summed E-state index contributed by atoms with van der Waals surface area (Å²) in [5.41, 5.74) is 4.24. The Balaban J connectivity index is 2.11. The molecule has 124 valence electrons. The van der Waals surface area contributed by atoms with Gasteiger partial charge in [-0.3, -0.25) is 9.98 Å². The fourth-order valence-electron chi connectivity index (χ4n) is 2.77. The first kappa shape index (κ1) is 17.2. The summed E-state index contributed by atoms with van der Waals surface area (Å²) in [6, 6.07) is 8.91. The number of rotatable bonds is 3. The van der Waals surface area contributed by atoms with Gasteiger partial charge in [-0.05, 0) is 49.8 Å². The van der Waals surface area contributed by atoms with Crippen molar-refractivity contribution in [2.24, 2.45) is 9.98 Å². The Bertz CT molecular complexity index is 754. The lowest BCUT2D eigenvalue weighted by atomic mass is 9.99. The second-order valence-corrected chi connectivity index (χ2v) is 7.33. The molecule has 3 rings (SSSR count). The third-order valence-corrected chi connectivity index (χ3v) is 5.16. The molecule has 0 radical (unpaired) electrons. The first-order valence-electron chi connectivity index (χ1n) is 8.18. The molecule has 24 heavy (non-hydrogen) atoms. The average molecular weight is 357 g/mol. The molecule has 0 N–H and O–H groups in total. The summed E-state index contributed by atoms with van der Waals surface area (Å²) in [5.74, 6) is 0. The third-order valence-electron chi connectivity index (χ3n) is 4.15. The zero-order chi connectivity index (χ0) is 16.9. The van der Waals surface area contributed by atoms with Crippen molar-refractivity contribution in [2.45, 2.75) is 37.1 Å². The van der Waals surface area contributed by atoms with Gasteiger partial charge in [-0.15, -0.1) is 11.8 Å². The lowest BCUT2D eigenvalue weighted by molar-refractivity contribution is 0.686. The van der Waals surface area contributed by atoms with Gasteiger partial charge in [-0.25, -0.2) is 0 Å². The third kappa shape index (κ3) is 4.08. The van der Waals surface area contributed by atoms with Crippen molar-refractivity contribution in [1.82, 2.24) is 0 Å². The van der Waals surface area contributed by atoms with Gasteiger partial charge in [0.15, 0.2) is 0 Å². The lowest BCUT2D eigenvalue weighted by Crippen LogP contribution is -1.96. The first-order chi connectivity index (χ1) is 11.7. The molecule has 0 aliphatic carbocycles. The van der Waals surface area contributed by atoms with Gasteiger partial charge in [-0.1, -0.05) is 29.8 Å². The van der Waals surface area contributed by atoms with E-state index >= 15 is 0 Å². The highest BCUT2D eigenvalue weighted by Gasteiger charge is 2.15. The first-order valence-corrected chi connectivity index (χ1v) is 9.78. The molecule has 2 nitrogen and oxygen atoms in total. The molecule has 0 saturated heterocycles. The van der Waals surface area contributed by atoms with Crippen LogP contribution < -0.4 is 0 Å². The quantitative estimate of drug-likeness (QED) is 0.619. The van der Waals surface area contributed by atoms with Crippen molar-refractivity contribution in [2.75, 3.05) is 6.26 Å². The van der Waals surface area contributed by atoms with Crippen molar-refractivity contribution < 1.29 is 0 Å². The Hall–Kier alpha value is -1.58. The molecule has 1 atom stereocenters. The van der Waals surface area contributed by atoms with E-state index in [2.05, 4.69) is 48.5 Å². The molecule has 2 heterocycles. The Morgan fingerprint density at radius 3 is 2.75 bits per heavy atom. The van der Waals surface area contributed by atoms with Crippen LogP contribution in [0.2, 0.25) is 0 Å². The molecule has 0 bridgehead atoms. The predicted molar refractivity (Wildman–Crippen MR) is 107 cm³/mol. The van der Waals surface area contributed by atoms with Gasteiger partial charge in [0.2, 0.25) is 0 Å². The minimum Gasteiger partial charge on any atom is -0.289 e. The summed E-state index contributed by atoms with van der Waals surface area (Å²) in [4.78, 5) is 10.6. The molecule has 2 aliphatic heterocycles. The average Bonchev–Trinajstić information content (AvgIpc) is 2.92. The van der Waals surface area contributed by atoms with Gasteiger partial charge in [0, 0.05) is 46.0 Å². The molecule has 0 aromatic heterocycles. The molecule has 1 unspecified atom stereocenters. The van der Waals surface area contributed by atoms with Crippen LogP contribution in [0.5, 0.6) is 0 Å². The second kappa shape index (κ2) is 8.00. The SMILES string of the molecule is CSc1ccc(C2=C(C3=CCCC(C)N=C3)N=CCC(Cl)=C2)cc1. The number of halogens is 1. The van der Waals surface area contributed by atoms with E-state index in [1.807, 2.05) is 18.5 Å². The summed E-state index contributed by atoms with van der Waals surface area (Å²) >= 11 is 8.10. The van der Waals surface area contributed by atoms with Crippen LogP contribution in [0.4, 0.5) is 0 Å². The molecule has 0 fully saturated rings. The van der Waals surface area contributed by atoms with Crippen molar-refractivity contribution in [1.29, 1.82) is 0 Å². The fourth-order valence-corrected chi connectivity index (χ4v) is 3.36. The number of thioether (sulfide) groups is 1. The highest BCUT2D eigenvalue weighted by molar-refractivity contribution is 7.98. The minimum atomic E-state index is 0.359. The topological polar surface area (TPSA) is 24.7 Å². The van der Waals surface area contributed by atoms with Crippen molar-refractivity contribution in [3.8, 4) is 0 Å². The Kier molecular flexibility index (Phi) is 5.75. The van der Waals surface area contributed by atoms with Crippen LogP contribution in [0.25, 0.3) is 5.57 Å². The van der Waals surface area contributed by atoms with E-state index in [-0.39, 0.29) is 0 Å². The van der Waals surface area contributed by atoms with Crippen LogP contribution in [0.3, 0.4) is 0 Å². The van der Waals surface area contributed by atoms with Crippen LogP contribution in [0, 0.1) is 0 Å². The number of hydrogen-bond donors (Lipinski definition) is 0. The maximum absolute atomic E-state index is 6.36. The zero-order valence-corrected chi connectivity index (χ0v) is 15.6. The monoisotopic (exact) mass is 356 g/mol. The van der Waals surface area contributed by atoms with E-state index in [0.29, 0.717) is 12.5 Å². The van der Waals surface area contributed by atoms with E-state index < -0.39 is 0 Å². The maximum Gasteiger partial charge on any atom is 0.0788 e. The van der Waals surface area contributed by atoms with E-state index in [1.54, 1.807) is 11.8 Å². The highest BCUT2D eigenvalue weighted by Crippen LogP contribution is 2.32. The van der Waals surface area contributed by atoms with Gasteiger partial charge in [-0.2, -0.15) is 0 Å². The summed E-state index contributed by atoms with van der Waals surface area (Å²) in [5, 5.41) is 0.803. The van der Waals surface area contributed by atoms with Crippen LogP contribution >= 0.6 is 23.4 Å². The van der Waals surface area contributed by atoms with Crippen molar-refractivity contribution in [3.05, 3.63) is 58.3 Å². The van der Waals surface area contributed by atoms with E-state index in [4.69, 9.17) is 16.6 Å². The summed E-state index contributed by atoms with van der Waals surface area (Å²) in [6.45, 7) is 2.15. The van der Waals surface area contributed by atoms with Crippen molar-refractivity contribution >= 4 is 41.4 Å². The molecule has 0 saturated carbocycles. The Morgan fingerprint density at radius 2 is 2.00 bits per heavy atom. The lowest BCUT2D eigenvalue weighted by Gasteiger charge is -2.10. The number of hydrogen-bond acceptors (Lipinski definition) is 3. The summed E-state index contributed by atoms with van der Waals surface area (Å²) in [7, 11) is 0. The van der Waals surface area contributed by atoms with Gasteiger partial charge < -0.3 is 0 Å². The summed E-state index contributed by atoms with van der Waals surface area (Å²) in [6.07, 6.45) is 13.0. The molecular weight excluding hydrogens is 336 g/mol. The maximum atomic E-state index is 6.36. The van der Waals surface area contributed by atoms with Gasteiger partial charge in [0.25, 0.3) is 0 Å². The fraction of sp³-hybridized carbons (Fsp3) is 0.300. The Labute approximate surface area is 153 Å². The molecular formula is C20H21ClN2S. The zero-order valence-electron chi connectivity index (χ0n) is 14.0. The summed E-state index contributed by atoms with van der Waals surface area (Å²) < 4.78 is 0. The second-order valence-electron chi connectivity index (χ2n) is 5.96. The molecule has 1 aromatic carbocycles. The van der Waals surface area contributed by atoms with Gasteiger partial charge >= 0.3 is 0 Å². The van der Waals surface area contributed by atoms with Crippen LogP contribution in [0.15, 0.2) is 67.6 Å². The van der Waals surface area contributed by atoms with Crippen LogP contribution in [0.1, 0.15) is 31.7 Å². The Morgan fingerprint density at radius 1 is 1.21 bits per heavy atom. The van der Waals surface area contributed by atoms with E-state index in [9.17, 15) is 0 Å². The molecule has 0 amide bonds. The predicted octanol–water partition coefficient (Wildman–Crippen LogP) is 5.90. The van der Waals surface area contributed by atoms with Crippen molar-refractivity contribution in [3.63, 3.8) is 0 Å². The molecule has 4 heteroatoms. The smallest absolute Gasteiger partial charge is 0.0788 e. The largest absolute Gasteiger partial charge is 0.289 e. The van der Waals surface area contributed by atoms with E-state index in [0.717, 1.165) is 40.3 Å². The number of benzene rings is 1. The van der Waals surface area contributed by atoms with Gasteiger partial charge in [0.1, 0.15) is 0 Å². The highest BCUT2D eigenvalue weighted by atomic mass is 35.5. The van der Waals surface area contributed by atoms with Crippen LogP contribution in [-0.2, 0) is 0 Å². The number of aliphatic imine (C=N–C) groups is 2. The van der Waals surface area contributed by atoms with Gasteiger partial charge in [0.05, 0.1) is 5.70 Å². The molecule has 2 aliphatic rings. The number of allylic oxidation sites excluding steroid dienone is 5. The standard InChI is InChI=1S/C20H21ClN2S/c1-14-4-3-5-16(13-23-14)20-19(12-17(21)10-11-22-20)15-6-8-18(24-2)9-7-15/h5-9,11-14H,3-4,10H2,1-2H3. The molecule has 1 aromatic rings. The van der Waals surface area contributed by atoms with E-state index in [1.165, 1.54) is 4.90 Å². The minimum absolute atomic E-state index is 0.359. The molecule has 0 spiro atoms. The van der Waals surface area contributed by atoms with Crippen LogP contribution in [-0.4, -0.2) is 24.7 Å². The normalized spacial score (nSPS) is 21.2. The number of nitrogens with zero attached hydrogens (tertiary/aromatic N) is 2.